The van der Waals surface area contributed by atoms with Crippen LogP contribution in [-0.2, 0) is 38.3 Å². The predicted octanol–water partition coefficient (Wildman–Crippen LogP) is 14.1. The fourth-order valence-corrected chi connectivity index (χ4v) is 7.65. The molecule has 0 atom stereocenters. The summed E-state index contributed by atoms with van der Waals surface area (Å²) in [5, 5.41) is 3.08. The summed E-state index contributed by atoms with van der Waals surface area (Å²) in [6.07, 6.45) is 3.12. The Hall–Kier alpha value is -4.48. The average Bonchev–Trinajstić information content (AvgIpc) is 3.78. The molecule has 0 amide bonds. The normalized spacial score (nSPS) is 12.9. The fourth-order valence-electron chi connectivity index (χ4n) is 6.63. The first-order chi connectivity index (χ1) is 26.8. The molecule has 0 aliphatic carbocycles. The molecular weight excluding hydrogens is 883 g/mol. The predicted molar refractivity (Wildman–Crippen MR) is 233 cm³/mol. The first-order valence-corrected chi connectivity index (χ1v) is 19.8. The van der Waals surface area contributed by atoms with Crippen LogP contribution in [-0.4, -0.2) is 15.0 Å². The Bertz CT molecular complexity index is 2690. The zero-order valence-corrected chi connectivity index (χ0v) is 37.2. The largest absolute Gasteiger partial charge is 0.498 e. The van der Waals surface area contributed by atoms with Gasteiger partial charge >= 0.3 is 0 Å². The maximum atomic E-state index is 8.67. The Balaban J connectivity index is 0.000000202. The maximum absolute atomic E-state index is 8.67. The number of thiazole rings is 1. The Labute approximate surface area is 353 Å². The van der Waals surface area contributed by atoms with Gasteiger partial charge in [0.2, 0.25) is 0 Å². The van der Waals surface area contributed by atoms with E-state index in [4.69, 9.17) is 12.1 Å². The molecule has 1 radical (unpaired) electrons. The van der Waals surface area contributed by atoms with Crippen molar-refractivity contribution >= 4 is 43.5 Å². The van der Waals surface area contributed by atoms with Gasteiger partial charge in [0.15, 0.2) is 0 Å². The minimum absolute atomic E-state index is 0. The van der Waals surface area contributed by atoms with Crippen molar-refractivity contribution < 1.29 is 27.3 Å². The summed E-state index contributed by atoms with van der Waals surface area (Å²) in [5.74, 6) is 0. The van der Waals surface area contributed by atoms with E-state index in [1.807, 2.05) is 51.2 Å². The van der Waals surface area contributed by atoms with E-state index < -0.39 is 11.8 Å². The number of aryl methyl sites for hydroxylation is 1. The summed E-state index contributed by atoms with van der Waals surface area (Å²) < 4.78 is 24.9. The molecule has 8 aromatic rings. The van der Waals surface area contributed by atoms with Gasteiger partial charge in [-0.3, -0.25) is 0 Å². The van der Waals surface area contributed by atoms with Crippen molar-refractivity contribution in [3.05, 3.63) is 137 Å². The van der Waals surface area contributed by atoms with Crippen molar-refractivity contribution in [2.75, 3.05) is 0 Å². The van der Waals surface area contributed by atoms with Gasteiger partial charge in [-0.1, -0.05) is 128 Å². The van der Waals surface area contributed by atoms with Crippen LogP contribution in [0.25, 0.3) is 65.8 Å². The molecule has 0 saturated heterocycles. The summed E-state index contributed by atoms with van der Waals surface area (Å²) >= 11 is 1.70. The Morgan fingerprint density at radius 1 is 0.696 bits per heavy atom. The van der Waals surface area contributed by atoms with Crippen molar-refractivity contribution in [2.24, 2.45) is 10.8 Å². The number of hydrogen-bond acceptors (Lipinski definition) is 5. The number of fused-ring (bicyclic) bond motifs is 5. The quantitative estimate of drug-likeness (QED) is 0.161. The first kappa shape index (κ1) is 38.4. The molecule has 6 heteroatoms. The number of hydrogen-bond donors (Lipinski definition) is 0. The molecule has 0 aliphatic rings. The van der Waals surface area contributed by atoms with E-state index in [0.29, 0.717) is 22.3 Å². The Morgan fingerprint density at radius 3 is 2.09 bits per heavy atom. The van der Waals surface area contributed by atoms with Gasteiger partial charge in [-0.2, -0.15) is 0 Å². The van der Waals surface area contributed by atoms with E-state index in [2.05, 4.69) is 131 Å². The van der Waals surface area contributed by atoms with Crippen molar-refractivity contribution in [1.82, 2.24) is 15.0 Å². The van der Waals surface area contributed by atoms with Crippen LogP contribution in [0.3, 0.4) is 0 Å². The van der Waals surface area contributed by atoms with Gasteiger partial charge < -0.3 is 14.4 Å². The summed E-state index contributed by atoms with van der Waals surface area (Å²) in [6, 6.07) is 37.5. The van der Waals surface area contributed by atoms with E-state index in [1.165, 1.54) is 22.3 Å². The second kappa shape index (κ2) is 16.2. The van der Waals surface area contributed by atoms with Gasteiger partial charge in [0, 0.05) is 46.0 Å². The number of rotatable bonds is 5. The minimum atomic E-state index is -1.51. The summed E-state index contributed by atoms with van der Waals surface area (Å²) in [4.78, 5) is 14.0. The Morgan fingerprint density at radius 2 is 1.41 bits per heavy atom. The summed E-state index contributed by atoms with van der Waals surface area (Å²) in [7, 11) is 0. The molecular formula is C50H51IrN3OS-2. The SMILES string of the molecule is Cc1c[c-]c(-c2cc(-c3ccc(CC(C)(C)C)cc3)ccn2)cc1.[2H]C([2H])(c1ccnc(-c2[c-]ccc3c2oc2c3ccc3sc(C(C)(C)C)nc32)c1)C(C)(C)C.[Ir]. The van der Waals surface area contributed by atoms with Crippen LogP contribution < -0.4 is 0 Å². The van der Waals surface area contributed by atoms with Crippen molar-refractivity contribution in [2.45, 2.75) is 87.4 Å². The molecule has 4 heterocycles. The van der Waals surface area contributed by atoms with Crippen molar-refractivity contribution in [3.63, 3.8) is 0 Å². The van der Waals surface area contributed by atoms with E-state index in [-0.39, 0.29) is 25.5 Å². The topological polar surface area (TPSA) is 51.8 Å². The number of benzene rings is 4. The van der Waals surface area contributed by atoms with Crippen LogP contribution in [0, 0.1) is 29.9 Å². The molecule has 0 bridgehead atoms. The summed E-state index contributed by atoms with van der Waals surface area (Å²) in [5.41, 5.74) is 11.1. The van der Waals surface area contributed by atoms with Crippen LogP contribution in [0.5, 0.6) is 0 Å². The first-order valence-electron chi connectivity index (χ1n) is 20.0. The van der Waals surface area contributed by atoms with Gasteiger partial charge in [0.25, 0.3) is 0 Å². The van der Waals surface area contributed by atoms with Gasteiger partial charge in [0.05, 0.1) is 15.3 Å². The fraction of sp³-hybridized carbons (Fsp3) is 0.300. The Kier molecular flexibility index (Phi) is 11.1. The monoisotopic (exact) mass is 936 g/mol. The number of aromatic nitrogens is 3. The van der Waals surface area contributed by atoms with Gasteiger partial charge in [-0.05, 0) is 69.9 Å². The van der Waals surface area contributed by atoms with Gasteiger partial charge in [-0.25, -0.2) is 4.98 Å². The summed E-state index contributed by atoms with van der Waals surface area (Å²) in [6.45, 7) is 21.1. The van der Waals surface area contributed by atoms with Crippen LogP contribution in [0.4, 0.5) is 0 Å². The third kappa shape index (κ3) is 9.54. The standard InChI is InChI=1S/C27H27N2OS.C23H24N.Ir/c1-26(2,3)15-16-12-13-28-20(14-16)19-9-7-8-17-18-10-11-21-22(24(18)30-23(17)19)29-25(31-21)27(4,5)6;1-17-5-9-20(10-6-17)22-15-21(13-14-24-22)19-11-7-18(8-12-19)16-23(2,3)4;/h7-8,10-14H,15H2,1-6H3;5-9,11-15H,16H2,1-4H3;/q2*-1;/i15D2;;. The van der Waals surface area contributed by atoms with E-state index in [1.54, 1.807) is 23.6 Å². The molecule has 0 saturated carbocycles. The van der Waals surface area contributed by atoms with E-state index in [0.717, 1.165) is 54.8 Å². The zero-order chi connectivity index (χ0) is 40.9. The molecule has 0 aliphatic heterocycles. The second-order valence-corrected chi connectivity index (χ2v) is 18.7. The van der Waals surface area contributed by atoms with Crippen LogP contribution in [0.1, 0.15) is 86.8 Å². The number of furan rings is 1. The van der Waals surface area contributed by atoms with Crippen molar-refractivity contribution in [3.8, 4) is 33.6 Å². The van der Waals surface area contributed by atoms with Crippen LogP contribution in [0.15, 0.2) is 108 Å². The molecule has 0 N–H and O–H groups in total. The molecule has 56 heavy (non-hydrogen) atoms. The molecule has 289 valence electrons. The number of pyridine rings is 2. The average molecular weight is 936 g/mol. The van der Waals surface area contributed by atoms with Crippen molar-refractivity contribution in [1.29, 1.82) is 0 Å². The molecule has 8 rings (SSSR count). The van der Waals surface area contributed by atoms with Gasteiger partial charge in [0.1, 0.15) is 11.1 Å². The number of nitrogens with zero attached hydrogens (tertiary/aromatic N) is 3. The third-order valence-electron chi connectivity index (χ3n) is 9.16. The van der Waals surface area contributed by atoms with Crippen LogP contribution in [0.2, 0.25) is 0 Å². The molecule has 0 spiro atoms. The zero-order valence-electron chi connectivity index (χ0n) is 36.0. The molecule has 0 unspecified atom stereocenters. The molecule has 4 aromatic carbocycles. The molecule has 4 nitrogen and oxygen atoms in total. The van der Waals surface area contributed by atoms with E-state index in [9.17, 15) is 0 Å². The smallest absolute Gasteiger partial charge is 0.148 e. The third-order valence-corrected chi connectivity index (χ3v) is 10.6. The van der Waals surface area contributed by atoms with E-state index >= 15 is 0 Å². The van der Waals surface area contributed by atoms with Crippen LogP contribution >= 0.6 is 11.3 Å². The maximum Gasteiger partial charge on any atom is 0.148 e. The molecule has 4 aromatic heterocycles. The minimum Gasteiger partial charge on any atom is -0.498 e. The second-order valence-electron chi connectivity index (χ2n) is 17.7. The van der Waals surface area contributed by atoms with Gasteiger partial charge in [-0.15, -0.1) is 64.9 Å². The molecule has 0 fully saturated rings.